The van der Waals surface area contributed by atoms with E-state index >= 15 is 0 Å². The highest BCUT2D eigenvalue weighted by atomic mass is 35.5. The van der Waals surface area contributed by atoms with Crippen LogP contribution >= 0.6 is 34.3 Å². The van der Waals surface area contributed by atoms with Gasteiger partial charge < -0.3 is 10.2 Å². The fourth-order valence-corrected chi connectivity index (χ4v) is 4.49. The molecule has 22 heavy (non-hydrogen) atoms. The number of rotatable bonds is 6. The van der Waals surface area contributed by atoms with Gasteiger partial charge in [0.1, 0.15) is 0 Å². The second-order valence-electron chi connectivity index (χ2n) is 5.43. The monoisotopic (exact) mass is 356 g/mol. The molecule has 0 aromatic carbocycles. The Morgan fingerprint density at radius 3 is 2.64 bits per heavy atom. The molecule has 0 spiro atoms. The normalized spacial score (nSPS) is 12.4. The second-order valence-corrected chi connectivity index (χ2v) is 8.69. The summed E-state index contributed by atoms with van der Waals surface area (Å²) in [5, 5.41) is 3.32. The molecule has 0 saturated heterocycles. The quantitative estimate of drug-likeness (QED) is 0.832. The van der Waals surface area contributed by atoms with Crippen molar-refractivity contribution in [2.24, 2.45) is 0 Å². The number of thiophene rings is 2. The molecule has 3 nitrogen and oxygen atoms in total. The third-order valence-corrected chi connectivity index (χ3v) is 5.75. The summed E-state index contributed by atoms with van der Waals surface area (Å²) in [7, 11) is 1.82. The summed E-state index contributed by atoms with van der Waals surface area (Å²) < 4.78 is 0.755. The summed E-state index contributed by atoms with van der Waals surface area (Å²) in [5.74, 6) is 0.0842. The predicted octanol–water partition coefficient (Wildman–Crippen LogP) is 4.39. The van der Waals surface area contributed by atoms with E-state index in [4.69, 9.17) is 11.6 Å². The topological polar surface area (TPSA) is 32.3 Å². The van der Waals surface area contributed by atoms with Gasteiger partial charge in [-0.15, -0.1) is 22.7 Å². The van der Waals surface area contributed by atoms with Crippen LogP contribution in [-0.4, -0.2) is 24.4 Å². The van der Waals surface area contributed by atoms with Crippen LogP contribution in [0.3, 0.4) is 0 Å². The van der Waals surface area contributed by atoms with Gasteiger partial charge in [-0.05, 0) is 44.5 Å². The van der Waals surface area contributed by atoms with Gasteiger partial charge in [0, 0.05) is 27.7 Å². The Labute approximate surface area is 144 Å². The molecular formula is C16H21ClN2OS2. The maximum atomic E-state index is 12.2. The summed E-state index contributed by atoms with van der Waals surface area (Å²) in [6, 6.07) is 6.20. The Morgan fingerprint density at radius 1 is 1.36 bits per heavy atom. The first-order chi connectivity index (χ1) is 10.4. The molecule has 6 heteroatoms. The zero-order chi connectivity index (χ0) is 16.3. The van der Waals surface area contributed by atoms with E-state index in [2.05, 4.69) is 32.2 Å². The van der Waals surface area contributed by atoms with Crippen molar-refractivity contribution in [2.45, 2.75) is 33.4 Å². The van der Waals surface area contributed by atoms with E-state index in [0.717, 1.165) is 9.21 Å². The molecule has 0 aliphatic rings. The third-order valence-electron chi connectivity index (χ3n) is 3.55. The number of hydrogen-bond acceptors (Lipinski definition) is 4. The van der Waals surface area contributed by atoms with E-state index < -0.39 is 0 Å². The fourth-order valence-electron chi connectivity index (χ4n) is 2.32. The summed E-state index contributed by atoms with van der Waals surface area (Å²) >= 11 is 9.22. The van der Waals surface area contributed by atoms with Crippen LogP contribution in [0.4, 0.5) is 0 Å². The van der Waals surface area contributed by atoms with Gasteiger partial charge >= 0.3 is 0 Å². The van der Waals surface area contributed by atoms with Crippen LogP contribution < -0.4 is 5.32 Å². The molecule has 1 atom stereocenters. The number of aryl methyl sites for hydroxylation is 2. The highest BCUT2D eigenvalue weighted by Gasteiger charge is 2.15. The third kappa shape index (κ3) is 4.56. The molecule has 1 N–H and O–H groups in total. The van der Waals surface area contributed by atoms with Crippen molar-refractivity contribution >= 4 is 40.2 Å². The first-order valence-electron chi connectivity index (χ1n) is 7.15. The molecule has 1 amide bonds. The van der Waals surface area contributed by atoms with Crippen LogP contribution in [0.15, 0.2) is 18.2 Å². The summed E-state index contributed by atoms with van der Waals surface area (Å²) in [4.78, 5) is 17.7. The number of nitrogens with zero attached hydrogens (tertiary/aromatic N) is 1. The molecule has 0 bridgehead atoms. The van der Waals surface area contributed by atoms with E-state index in [0.29, 0.717) is 13.1 Å². The first-order valence-corrected chi connectivity index (χ1v) is 9.16. The molecule has 2 aromatic heterocycles. The van der Waals surface area contributed by atoms with Crippen LogP contribution in [0.5, 0.6) is 0 Å². The van der Waals surface area contributed by atoms with Crippen LogP contribution in [0.1, 0.15) is 33.2 Å². The summed E-state index contributed by atoms with van der Waals surface area (Å²) in [6.07, 6.45) is 0. The van der Waals surface area contributed by atoms with E-state index in [-0.39, 0.29) is 11.9 Å². The lowest BCUT2D eigenvalue weighted by Gasteiger charge is -2.19. The molecular weight excluding hydrogens is 336 g/mol. The summed E-state index contributed by atoms with van der Waals surface area (Å²) in [6.45, 7) is 7.27. The number of carbonyl (C=O) groups excluding carboxylic acids is 1. The van der Waals surface area contributed by atoms with Gasteiger partial charge in [-0.3, -0.25) is 4.79 Å². The van der Waals surface area contributed by atoms with Gasteiger partial charge in [-0.2, -0.15) is 0 Å². The van der Waals surface area contributed by atoms with Gasteiger partial charge in [0.15, 0.2) is 0 Å². The smallest absolute Gasteiger partial charge is 0.236 e. The molecule has 2 aromatic rings. The standard InChI is InChI=1S/C16H21ClN2OS2/c1-10-7-14(12(3)21-10)11(2)18-8-16(20)19(4)9-13-5-6-15(17)22-13/h5-7,11,18H,8-9H2,1-4H3. The molecule has 0 radical (unpaired) electrons. The molecule has 1 unspecified atom stereocenters. The van der Waals surface area contributed by atoms with Gasteiger partial charge in [0.25, 0.3) is 0 Å². The van der Waals surface area contributed by atoms with Crippen molar-refractivity contribution < 1.29 is 4.79 Å². The van der Waals surface area contributed by atoms with Gasteiger partial charge in [0.05, 0.1) is 17.4 Å². The average Bonchev–Trinajstić information content (AvgIpc) is 3.01. The Kier molecular flexibility index (Phi) is 6.03. The lowest BCUT2D eigenvalue weighted by molar-refractivity contribution is -0.129. The Morgan fingerprint density at radius 2 is 2.09 bits per heavy atom. The van der Waals surface area contributed by atoms with Crippen molar-refractivity contribution in [3.63, 3.8) is 0 Å². The van der Waals surface area contributed by atoms with E-state index in [1.807, 2.05) is 19.2 Å². The van der Waals surface area contributed by atoms with E-state index in [1.165, 1.54) is 26.7 Å². The zero-order valence-electron chi connectivity index (χ0n) is 13.3. The van der Waals surface area contributed by atoms with Crippen LogP contribution in [0.25, 0.3) is 0 Å². The highest BCUT2D eigenvalue weighted by Crippen LogP contribution is 2.26. The lowest BCUT2D eigenvalue weighted by atomic mass is 10.1. The summed E-state index contributed by atoms with van der Waals surface area (Å²) in [5.41, 5.74) is 1.28. The van der Waals surface area contributed by atoms with Crippen molar-refractivity contribution in [1.29, 1.82) is 0 Å². The van der Waals surface area contributed by atoms with Crippen LogP contribution in [-0.2, 0) is 11.3 Å². The maximum Gasteiger partial charge on any atom is 0.236 e. The molecule has 0 saturated carbocycles. The van der Waals surface area contributed by atoms with Crippen molar-refractivity contribution in [3.8, 4) is 0 Å². The number of amides is 1. The number of nitrogens with one attached hydrogen (secondary N) is 1. The van der Waals surface area contributed by atoms with Crippen LogP contribution in [0.2, 0.25) is 4.34 Å². The van der Waals surface area contributed by atoms with Crippen molar-refractivity contribution in [2.75, 3.05) is 13.6 Å². The average molecular weight is 357 g/mol. The molecule has 2 rings (SSSR count). The van der Waals surface area contributed by atoms with Crippen LogP contribution in [0, 0.1) is 13.8 Å². The van der Waals surface area contributed by atoms with Crippen molar-refractivity contribution in [3.05, 3.63) is 42.7 Å². The molecule has 0 fully saturated rings. The van der Waals surface area contributed by atoms with Gasteiger partial charge in [0.2, 0.25) is 5.91 Å². The number of carbonyl (C=O) groups is 1. The SMILES string of the molecule is Cc1cc(C(C)NCC(=O)N(C)Cc2ccc(Cl)s2)c(C)s1. The maximum absolute atomic E-state index is 12.2. The Balaban J connectivity index is 1.85. The van der Waals surface area contributed by atoms with Gasteiger partial charge in [-0.1, -0.05) is 11.6 Å². The molecule has 2 heterocycles. The fraction of sp³-hybridized carbons (Fsp3) is 0.438. The first kappa shape index (κ1) is 17.5. The molecule has 0 aliphatic carbocycles. The number of halogens is 1. The molecule has 0 aliphatic heterocycles. The number of likely N-dealkylation sites (N-methyl/N-ethyl adjacent to an activating group) is 1. The lowest BCUT2D eigenvalue weighted by Crippen LogP contribution is -2.36. The van der Waals surface area contributed by atoms with Gasteiger partial charge in [-0.25, -0.2) is 0 Å². The minimum Gasteiger partial charge on any atom is -0.340 e. The zero-order valence-corrected chi connectivity index (χ0v) is 15.7. The second kappa shape index (κ2) is 7.59. The van der Waals surface area contributed by atoms with Crippen molar-refractivity contribution in [1.82, 2.24) is 10.2 Å². The molecule has 120 valence electrons. The van der Waals surface area contributed by atoms with E-state index in [9.17, 15) is 4.79 Å². The minimum atomic E-state index is 0.0842. The minimum absolute atomic E-state index is 0.0842. The Bertz CT molecular complexity index is 650. The number of hydrogen-bond donors (Lipinski definition) is 1. The predicted molar refractivity (Wildman–Crippen MR) is 96.0 cm³/mol. The Hall–Kier alpha value is -0.880. The van der Waals surface area contributed by atoms with E-state index in [1.54, 1.807) is 16.2 Å². The highest BCUT2D eigenvalue weighted by molar-refractivity contribution is 7.16. The largest absolute Gasteiger partial charge is 0.340 e.